The Balaban J connectivity index is 0.00000108. The molecule has 2 heteroatoms. The van der Waals surface area contributed by atoms with Crippen LogP contribution in [-0.4, -0.2) is 31.6 Å². The summed E-state index contributed by atoms with van der Waals surface area (Å²) in [5, 5.41) is 3.48. The van der Waals surface area contributed by atoms with Crippen LogP contribution in [0, 0.1) is 0 Å². The van der Waals surface area contributed by atoms with Crippen molar-refractivity contribution in [2.45, 2.75) is 32.2 Å². The summed E-state index contributed by atoms with van der Waals surface area (Å²) in [5.41, 5.74) is 3.48. The fraction of sp³-hybridized carbons (Fsp3) is 0.600. The molecule has 0 aromatic heterocycles. The Morgan fingerprint density at radius 3 is 2.65 bits per heavy atom. The van der Waals surface area contributed by atoms with Crippen molar-refractivity contribution in [3.63, 3.8) is 0 Å². The maximum absolute atomic E-state index is 3.48. The topological polar surface area (TPSA) is 15.3 Å². The van der Waals surface area contributed by atoms with Crippen LogP contribution in [0.2, 0.25) is 0 Å². The summed E-state index contributed by atoms with van der Waals surface area (Å²) in [4.78, 5) is 2.58. The van der Waals surface area contributed by atoms with Crippen LogP contribution in [0.5, 0.6) is 0 Å². The van der Waals surface area contributed by atoms with Gasteiger partial charge in [0.2, 0.25) is 0 Å². The molecule has 1 aromatic rings. The molecular formula is C15H24N2. The fourth-order valence-electron chi connectivity index (χ4n) is 3.39. The molecule has 2 heterocycles. The molecule has 0 radical (unpaired) electrons. The SMILES string of the molecule is C.CN1CCc2ccccc2C12CCNCC2. The summed E-state index contributed by atoms with van der Waals surface area (Å²) in [6.07, 6.45) is 3.71. The minimum Gasteiger partial charge on any atom is -0.317 e. The second-order valence-electron chi connectivity index (χ2n) is 5.11. The van der Waals surface area contributed by atoms with Crippen molar-refractivity contribution in [1.82, 2.24) is 10.2 Å². The van der Waals surface area contributed by atoms with E-state index in [1.54, 1.807) is 11.1 Å². The summed E-state index contributed by atoms with van der Waals surface area (Å²) in [7, 11) is 2.29. The molecule has 0 bridgehead atoms. The summed E-state index contributed by atoms with van der Waals surface area (Å²) < 4.78 is 0. The first-order valence-electron chi connectivity index (χ1n) is 6.33. The highest BCUT2D eigenvalue weighted by Crippen LogP contribution is 2.40. The number of rotatable bonds is 0. The number of nitrogens with one attached hydrogen (secondary N) is 1. The third-order valence-electron chi connectivity index (χ3n) is 4.40. The van der Waals surface area contributed by atoms with Gasteiger partial charge >= 0.3 is 0 Å². The van der Waals surface area contributed by atoms with Crippen molar-refractivity contribution in [2.24, 2.45) is 0 Å². The molecule has 1 spiro atoms. The molecule has 0 saturated carbocycles. The normalized spacial score (nSPS) is 22.9. The largest absolute Gasteiger partial charge is 0.317 e. The number of hydrogen-bond acceptors (Lipinski definition) is 2. The predicted octanol–water partition coefficient (Wildman–Crippen LogP) is 2.39. The first-order valence-corrected chi connectivity index (χ1v) is 6.33. The molecule has 1 fully saturated rings. The van der Waals surface area contributed by atoms with Crippen molar-refractivity contribution in [1.29, 1.82) is 0 Å². The number of hydrogen-bond donors (Lipinski definition) is 1. The van der Waals surface area contributed by atoms with Crippen molar-refractivity contribution in [3.8, 4) is 0 Å². The van der Waals surface area contributed by atoms with Gasteiger partial charge in [-0.1, -0.05) is 31.7 Å². The number of piperidine rings is 1. The van der Waals surface area contributed by atoms with E-state index in [0.29, 0.717) is 5.54 Å². The molecule has 0 atom stereocenters. The standard InChI is InChI=1S/C14H20N2.CH4/c1-16-11-6-12-4-2-3-5-13(12)14(16)7-9-15-10-8-14;/h2-5,15H,6-11H2,1H3;1H4. The van der Waals surface area contributed by atoms with E-state index in [4.69, 9.17) is 0 Å². The molecule has 94 valence electrons. The van der Waals surface area contributed by atoms with Gasteiger partial charge in [-0.25, -0.2) is 0 Å². The van der Waals surface area contributed by atoms with E-state index in [-0.39, 0.29) is 7.43 Å². The van der Waals surface area contributed by atoms with E-state index >= 15 is 0 Å². The first-order chi connectivity index (χ1) is 7.83. The lowest BCUT2D eigenvalue weighted by Gasteiger charge is -2.49. The third-order valence-corrected chi connectivity index (χ3v) is 4.40. The monoisotopic (exact) mass is 232 g/mol. The Morgan fingerprint density at radius 1 is 1.18 bits per heavy atom. The van der Waals surface area contributed by atoms with Gasteiger partial charge in [0.15, 0.2) is 0 Å². The zero-order valence-corrected chi connectivity index (χ0v) is 10.00. The molecule has 2 aliphatic heterocycles. The molecule has 0 amide bonds. The Labute approximate surface area is 105 Å². The molecule has 1 N–H and O–H groups in total. The second kappa shape index (κ2) is 4.79. The van der Waals surface area contributed by atoms with Gasteiger partial charge in [0.25, 0.3) is 0 Å². The van der Waals surface area contributed by atoms with Crippen LogP contribution in [0.4, 0.5) is 0 Å². The van der Waals surface area contributed by atoms with Gasteiger partial charge in [0.1, 0.15) is 0 Å². The Hall–Kier alpha value is -0.860. The lowest BCUT2D eigenvalue weighted by molar-refractivity contribution is 0.0691. The highest BCUT2D eigenvalue weighted by molar-refractivity contribution is 5.37. The van der Waals surface area contributed by atoms with Gasteiger partial charge in [0, 0.05) is 12.1 Å². The molecule has 3 rings (SSSR count). The summed E-state index contributed by atoms with van der Waals surface area (Å²) in [6, 6.07) is 9.03. The molecule has 1 aromatic carbocycles. The van der Waals surface area contributed by atoms with E-state index in [1.807, 2.05) is 0 Å². The molecule has 17 heavy (non-hydrogen) atoms. The van der Waals surface area contributed by atoms with E-state index in [2.05, 4.69) is 41.5 Å². The van der Waals surface area contributed by atoms with E-state index in [9.17, 15) is 0 Å². The average molecular weight is 232 g/mol. The zero-order valence-electron chi connectivity index (χ0n) is 10.00. The van der Waals surface area contributed by atoms with E-state index < -0.39 is 0 Å². The first kappa shape index (κ1) is 12.6. The number of nitrogens with zero attached hydrogens (tertiary/aromatic N) is 1. The predicted molar refractivity (Wildman–Crippen MR) is 73.3 cm³/mol. The molecule has 0 aliphatic carbocycles. The smallest absolute Gasteiger partial charge is 0.0484 e. The van der Waals surface area contributed by atoms with Gasteiger partial charge < -0.3 is 5.32 Å². The lowest BCUT2D eigenvalue weighted by atomic mass is 9.75. The second-order valence-corrected chi connectivity index (χ2v) is 5.11. The summed E-state index contributed by atoms with van der Waals surface area (Å²) in [6.45, 7) is 3.51. The highest BCUT2D eigenvalue weighted by Gasteiger charge is 2.40. The van der Waals surface area contributed by atoms with Crippen molar-refractivity contribution in [2.75, 3.05) is 26.7 Å². The van der Waals surface area contributed by atoms with Crippen LogP contribution in [-0.2, 0) is 12.0 Å². The quantitative estimate of drug-likeness (QED) is 0.739. The molecule has 2 aliphatic rings. The van der Waals surface area contributed by atoms with Crippen molar-refractivity contribution < 1.29 is 0 Å². The summed E-state index contributed by atoms with van der Waals surface area (Å²) >= 11 is 0. The van der Waals surface area contributed by atoms with Crippen LogP contribution in [0.15, 0.2) is 24.3 Å². The summed E-state index contributed by atoms with van der Waals surface area (Å²) in [5.74, 6) is 0. The van der Waals surface area contributed by atoms with Gasteiger partial charge in [-0.2, -0.15) is 0 Å². The van der Waals surface area contributed by atoms with E-state index in [0.717, 1.165) is 13.1 Å². The highest BCUT2D eigenvalue weighted by atomic mass is 15.2. The minimum atomic E-state index is 0. The zero-order chi connectivity index (χ0) is 11.0. The van der Waals surface area contributed by atoms with Crippen LogP contribution >= 0.6 is 0 Å². The van der Waals surface area contributed by atoms with Crippen LogP contribution in [0.3, 0.4) is 0 Å². The lowest BCUT2D eigenvalue weighted by Crippen LogP contribution is -2.53. The molecule has 2 nitrogen and oxygen atoms in total. The van der Waals surface area contributed by atoms with Gasteiger partial charge in [-0.3, -0.25) is 4.90 Å². The number of fused-ring (bicyclic) bond motifs is 2. The van der Waals surface area contributed by atoms with Gasteiger partial charge in [-0.15, -0.1) is 0 Å². The average Bonchev–Trinajstić information content (AvgIpc) is 2.36. The fourth-order valence-corrected chi connectivity index (χ4v) is 3.39. The third kappa shape index (κ3) is 1.90. The number of likely N-dealkylation sites (N-methyl/N-ethyl adjacent to an activating group) is 1. The Morgan fingerprint density at radius 2 is 1.88 bits per heavy atom. The Kier molecular flexibility index (Phi) is 3.55. The van der Waals surface area contributed by atoms with Crippen LogP contribution in [0.25, 0.3) is 0 Å². The maximum Gasteiger partial charge on any atom is 0.0484 e. The minimum absolute atomic E-state index is 0. The molecule has 0 unspecified atom stereocenters. The van der Waals surface area contributed by atoms with E-state index in [1.165, 1.54) is 25.8 Å². The molecule has 1 saturated heterocycles. The number of benzene rings is 1. The van der Waals surface area contributed by atoms with Crippen LogP contribution < -0.4 is 5.32 Å². The Bertz CT molecular complexity index is 380. The van der Waals surface area contributed by atoms with Gasteiger partial charge in [0.05, 0.1) is 0 Å². The van der Waals surface area contributed by atoms with Crippen molar-refractivity contribution >= 4 is 0 Å². The molecular weight excluding hydrogens is 208 g/mol. The van der Waals surface area contributed by atoms with Crippen molar-refractivity contribution in [3.05, 3.63) is 35.4 Å². The maximum atomic E-state index is 3.48. The van der Waals surface area contributed by atoms with Crippen LogP contribution in [0.1, 0.15) is 31.4 Å². The van der Waals surface area contributed by atoms with Gasteiger partial charge in [-0.05, 0) is 50.5 Å².